The Kier molecular flexibility index (Phi) is 5.14. The summed E-state index contributed by atoms with van der Waals surface area (Å²) in [6, 6.07) is 14.8. The van der Waals surface area contributed by atoms with Gasteiger partial charge in [0.1, 0.15) is 22.5 Å². The van der Waals surface area contributed by atoms with E-state index in [1.807, 2.05) is 42.5 Å². The number of furan rings is 1. The van der Waals surface area contributed by atoms with Gasteiger partial charge in [0.25, 0.3) is 0 Å². The number of hydrogen-bond donors (Lipinski definition) is 1. The Balaban J connectivity index is 1.43. The van der Waals surface area contributed by atoms with Crippen LogP contribution in [0.2, 0.25) is 0 Å². The standard InChI is InChI=1S/C27H26N2O5/c1-32-18-8-6-17(7-9-18)25-20(14-23(30)28-21-15-29-12-10-16(21)11-13-29)24-26(34-25)19-4-2-3-5-22(19)33-27(24)31/h2-9,16,21H,10-15H2,1H3,(H,28,30). The van der Waals surface area contributed by atoms with Gasteiger partial charge in [0.05, 0.1) is 18.9 Å². The van der Waals surface area contributed by atoms with Gasteiger partial charge in [-0.15, -0.1) is 0 Å². The molecular weight excluding hydrogens is 432 g/mol. The fourth-order valence-corrected chi connectivity index (χ4v) is 5.46. The van der Waals surface area contributed by atoms with Crippen LogP contribution in [0.3, 0.4) is 0 Å². The molecule has 0 saturated carbocycles. The summed E-state index contributed by atoms with van der Waals surface area (Å²) in [4.78, 5) is 28.7. The minimum atomic E-state index is -0.497. The zero-order chi connectivity index (χ0) is 23.2. The van der Waals surface area contributed by atoms with E-state index < -0.39 is 5.63 Å². The molecule has 7 heteroatoms. The number of benzene rings is 2. The van der Waals surface area contributed by atoms with Crippen molar-refractivity contribution in [1.82, 2.24) is 10.2 Å². The molecule has 1 amide bonds. The third-order valence-electron chi connectivity index (χ3n) is 7.24. The van der Waals surface area contributed by atoms with Gasteiger partial charge in [-0.1, -0.05) is 12.1 Å². The molecule has 1 N–H and O–H groups in total. The molecule has 2 aromatic heterocycles. The Morgan fingerprint density at radius 3 is 2.56 bits per heavy atom. The van der Waals surface area contributed by atoms with E-state index in [1.165, 1.54) is 0 Å². The number of hydrogen-bond acceptors (Lipinski definition) is 6. The van der Waals surface area contributed by atoms with Crippen LogP contribution in [0.4, 0.5) is 0 Å². The van der Waals surface area contributed by atoms with E-state index >= 15 is 0 Å². The molecule has 1 unspecified atom stereocenters. The number of amides is 1. The monoisotopic (exact) mass is 458 g/mol. The molecule has 2 bridgehead atoms. The number of fused-ring (bicyclic) bond motifs is 6. The Morgan fingerprint density at radius 2 is 1.85 bits per heavy atom. The van der Waals surface area contributed by atoms with Gasteiger partial charge >= 0.3 is 5.63 Å². The normalized spacial score (nSPS) is 21.7. The Labute approximate surface area is 196 Å². The molecule has 3 fully saturated rings. The van der Waals surface area contributed by atoms with Crippen molar-refractivity contribution in [2.75, 3.05) is 26.7 Å². The second-order valence-corrected chi connectivity index (χ2v) is 9.22. The second-order valence-electron chi connectivity index (χ2n) is 9.22. The van der Waals surface area contributed by atoms with Gasteiger partial charge in [-0.05, 0) is 68.2 Å². The first-order chi connectivity index (χ1) is 16.6. The average Bonchev–Trinajstić information content (AvgIpc) is 3.25. The summed E-state index contributed by atoms with van der Waals surface area (Å²) in [5.41, 5.74) is 1.73. The molecule has 7 nitrogen and oxygen atoms in total. The van der Waals surface area contributed by atoms with Crippen LogP contribution < -0.4 is 15.7 Å². The summed E-state index contributed by atoms with van der Waals surface area (Å²) in [5.74, 6) is 1.63. The minimum absolute atomic E-state index is 0.0423. The largest absolute Gasteiger partial charge is 0.497 e. The number of ether oxygens (including phenoxy) is 1. The smallest absolute Gasteiger partial charge is 0.347 e. The highest BCUT2D eigenvalue weighted by atomic mass is 16.5. The van der Waals surface area contributed by atoms with Crippen LogP contribution in [0.25, 0.3) is 33.3 Å². The molecular formula is C27H26N2O5. The fourth-order valence-electron chi connectivity index (χ4n) is 5.46. The highest BCUT2D eigenvalue weighted by molar-refractivity contribution is 6.05. The highest BCUT2D eigenvalue weighted by Gasteiger charge is 2.35. The van der Waals surface area contributed by atoms with Crippen LogP contribution >= 0.6 is 0 Å². The maximum absolute atomic E-state index is 13.2. The maximum atomic E-state index is 13.2. The summed E-state index contributed by atoms with van der Waals surface area (Å²) < 4.78 is 17.2. The summed E-state index contributed by atoms with van der Waals surface area (Å²) in [6.45, 7) is 3.11. The Hall–Kier alpha value is -3.58. The number of nitrogens with zero attached hydrogens (tertiary/aromatic N) is 1. The average molecular weight is 459 g/mol. The van der Waals surface area contributed by atoms with Gasteiger partial charge < -0.3 is 23.8 Å². The molecule has 3 saturated heterocycles. The third-order valence-corrected chi connectivity index (χ3v) is 7.24. The zero-order valence-corrected chi connectivity index (χ0v) is 19.0. The summed E-state index contributed by atoms with van der Waals surface area (Å²) in [5, 5.41) is 4.26. The van der Waals surface area contributed by atoms with Gasteiger partial charge in [-0.3, -0.25) is 4.79 Å². The van der Waals surface area contributed by atoms with Gasteiger partial charge in [0.2, 0.25) is 5.91 Å². The number of carbonyl (C=O) groups excluding carboxylic acids is 1. The predicted octanol–water partition coefficient (Wildman–Crippen LogP) is 3.97. The Bertz CT molecular complexity index is 1430. The van der Waals surface area contributed by atoms with E-state index in [2.05, 4.69) is 10.2 Å². The molecule has 0 spiro atoms. The van der Waals surface area contributed by atoms with Crippen molar-refractivity contribution < 1.29 is 18.4 Å². The Morgan fingerprint density at radius 1 is 1.09 bits per heavy atom. The lowest BCUT2D eigenvalue weighted by atomic mass is 9.84. The first-order valence-electron chi connectivity index (χ1n) is 11.7. The minimum Gasteiger partial charge on any atom is -0.497 e. The SMILES string of the molecule is COc1ccc(-c2oc3c(c2CC(=O)NC2CN4CCC2CC4)c(=O)oc2ccccc23)cc1. The van der Waals surface area contributed by atoms with Gasteiger partial charge in [-0.25, -0.2) is 4.79 Å². The second kappa shape index (κ2) is 8.33. The van der Waals surface area contributed by atoms with E-state index in [9.17, 15) is 9.59 Å². The molecule has 1 atom stereocenters. The van der Waals surface area contributed by atoms with Crippen molar-refractivity contribution >= 4 is 27.8 Å². The van der Waals surface area contributed by atoms with E-state index in [4.69, 9.17) is 13.6 Å². The summed E-state index contributed by atoms with van der Waals surface area (Å²) in [6.07, 6.45) is 2.28. The summed E-state index contributed by atoms with van der Waals surface area (Å²) in [7, 11) is 1.61. The molecule has 4 aromatic rings. The number of carbonyl (C=O) groups is 1. The third kappa shape index (κ3) is 3.56. The number of methoxy groups -OCH3 is 1. The molecule has 3 aliphatic heterocycles. The molecule has 0 radical (unpaired) electrons. The van der Waals surface area contributed by atoms with Crippen molar-refractivity contribution in [1.29, 1.82) is 0 Å². The van der Waals surface area contributed by atoms with Gasteiger partial charge in [0, 0.05) is 23.7 Å². The van der Waals surface area contributed by atoms with E-state index in [0.717, 1.165) is 38.0 Å². The lowest BCUT2D eigenvalue weighted by molar-refractivity contribution is -0.122. The highest BCUT2D eigenvalue weighted by Crippen LogP contribution is 2.36. The lowest BCUT2D eigenvalue weighted by Gasteiger charge is -2.44. The zero-order valence-electron chi connectivity index (χ0n) is 19.0. The number of para-hydroxylation sites is 1. The van der Waals surface area contributed by atoms with Crippen molar-refractivity contribution in [3.8, 4) is 17.1 Å². The van der Waals surface area contributed by atoms with Gasteiger partial charge in [0.15, 0.2) is 5.58 Å². The fraction of sp³-hybridized carbons (Fsp3) is 0.333. The number of rotatable bonds is 5. The molecule has 7 rings (SSSR count). The van der Waals surface area contributed by atoms with Gasteiger partial charge in [-0.2, -0.15) is 0 Å². The molecule has 174 valence electrons. The molecule has 34 heavy (non-hydrogen) atoms. The van der Waals surface area contributed by atoms with E-state index in [-0.39, 0.29) is 18.4 Å². The number of piperidine rings is 3. The quantitative estimate of drug-likeness (QED) is 0.456. The van der Waals surface area contributed by atoms with Crippen LogP contribution in [-0.4, -0.2) is 43.6 Å². The summed E-state index contributed by atoms with van der Waals surface area (Å²) >= 11 is 0. The molecule has 3 aliphatic rings. The van der Waals surface area contributed by atoms with Crippen molar-refractivity contribution in [2.45, 2.75) is 25.3 Å². The van der Waals surface area contributed by atoms with Crippen LogP contribution in [0.5, 0.6) is 5.75 Å². The first kappa shape index (κ1) is 21.0. The van der Waals surface area contributed by atoms with Crippen LogP contribution in [-0.2, 0) is 11.2 Å². The van der Waals surface area contributed by atoms with Crippen molar-refractivity contribution in [3.05, 3.63) is 64.5 Å². The molecule has 0 aliphatic carbocycles. The van der Waals surface area contributed by atoms with Crippen molar-refractivity contribution in [3.63, 3.8) is 0 Å². The van der Waals surface area contributed by atoms with Crippen molar-refractivity contribution in [2.24, 2.45) is 5.92 Å². The van der Waals surface area contributed by atoms with Crippen LogP contribution in [0.15, 0.2) is 62.2 Å². The topological polar surface area (TPSA) is 84.9 Å². The van der Waals surface area contributed by atoms with E-state index in [1.54, 1.807) is 13.2 Å². The first-order valence-corrected chi connectivity index (χ1v) is 11.7. The van der Waals surface area contributed by atoms with Crippen LogP contribution in [0.1, 0.15) is 18.4 Å². The predicted molar refractivity (Wildman–Crippen MR) is 129 cm³/mol. The molecule has 2 aromatic carbocycles. The molecule has 5 heterocycles. The number of nitrogens with one attached hydrogen (secondary N) is 1. The van der Waals surface area contributed by atoms with Crippen LogP contribution in [0, 0.1) is 5.92 Å². The lowest BCUT2D eigenvalue weighted by Crippen LogP contribution is -2.57. The maximum Gasteiger partial charge on any atom is 0.347 e. The van der Waals surface area contributed by atoms with E-state index in [0.29, 0.717) is 44.9 Å².